The third-order valence-corrected chi connectivity index (χ3v) is 4.63. The second kappa shape index (κ2) is 6.89. The molecule has 0 saturated heterocycles. The number of aryl methyl sites for hydroxylation is 2. The number of hydrogen-bond acceptors (Lipinski definition) is 6. The summed E-state index contributed by atoms with van der Waals surface area (Å²) in [5.41, 5.74) is -0.903. The summed E-state index contributed by atoms with van der Waals surface area (Å²) < 4.78 is 2.09. The normalized spacial score (nSPS) is 10.9. The van der Waals surface area contributed by atoms with Crippen LogP contribution in [0.5, 0.6) is 0 Å². The molecule has 0 spiro atoms. The van der Waals surface area contributed by atoms with Crippen molar-refractivity contribution in [2.24, 2.45) is 14.1 Å². The standard InChI is InChI=1S/C17H14ClN5O5/c1-8-7-19-14-12(16(25)22(3)17(26)21(14)2)13(8)20-15(24)10-6-9(23(27)28)4-5-11(10)18/h4-7H,1-3H3,(H,19,20,24). The van der Waals surface area contributed by atoms with E-state index in [0.29, 0.717) is 5.56 Å². The van der Waals surface area contributed by atoms with Gasteiger partial charge in [0.25, 0.3) is 17.2 Å². The van der Waals surface area contributed by atoms with Crippen LogP contribution in [-0.2, 0) is 14.1 Å². The Morgan fingerprint density at radius 3 is 2.57 bits per heavy atom. The second-order valence-corrected chi connectivity index (χ2v) is 6.50. The first-order valence-corrected chi connectivity index (χ1v) is 8.32. The van der Waals surface area contributed by atoms with Crippen LogP contribution in [0.2, 0.25) is 5.02 Å². The number of nitro groups is 1. The van der Waals surface area contributed by atoms with Crippen molar-refractivity contribution in [2.75, 3.05) is 5.32 Å². The molecule has 0 aliphatic rings. The molecule has 0 bridgehead atoms. The number of carbonyl (C=O) groups is 1. The number of fused-ring (bicyclic) bond motifs is 1. The molecule has 0 aliphatic carbocycles. The zero-order valence-electron chi connectivity index (χ0n) is 15.0. The lowest BCUT2D eigenvalue weighted by molar-refractivity contribution is -0.384. The number of halogens is 1. The quantitative estimate of drug-likeness (QED) is 0.524. The summed E-state index contributed by atoms with van der Waals surface area (Å²) in [6.07, 6.45) is 1.41. The highest BCUT2D eigenvalue weighted by Gasteiger charge is 2.20. The van der Waals surface area contributed by atoms with Gasteiger partial charge in [-0.2, -0.15) is 0 Å². The number of nitrogens with one attached hydrogen (secondary N) is 1. The third-order valence-electron chi connectivity index (χ3n) is 4.30. The van der Waals surface area contributed by atoms with E-state index in [1.165, 1.54) is 37.0 Å². The number of nitrogens with zero attached hydrogens (tertiary/aromatic N) is 4. The number of anilines is 1. The van der Waals surface area contributed by atoms with Gasteiger partial charge >= 0.3 is 5.69 Å². The van der Waals surface area contributed by atoms with Crippen molar-refractivity contribution in [2.45, 2.75) is 6.92 Å². The van der Waals surface area contributed by atoms with Crippen LogP contribution < -0.4 is 16.6 Å². The molecule has 28 heavy (non-hydrogen) atoms. The van der Waals surface area contributed by atoms with Gasteiger partial charge in [-0.3, -0.25) is 28.8 Å². The maximum atomic E-state index is 12.7. The van der Waals surface area contributed by atoms with Crippen LogP contribution in [-0.4, -0.2) is 24.9 Å². The van der Waals surface area contributed by atoms with E-state index in [4.69, 9.17) is 11.6 Å². The molecule has 2 aromatic heterocycles. The Labute approximate surface area is 162 Å². The molecule has 0 fully saturated rings. The van der Waals surface area contributed by atoms with Gasteiger partial charge in [0.05, 0.1) is 21.2 Å². The number of carbonyl (C=O) groups excluding carboxylic acids is 1. The zero-order valence-corrected chi connectivity index (χ0v) is 15.8. The van der Waals surface area contributed by atoms with E-state index in [9.17, 15) is 24.5 Å². The third kappa shape index (κ3) is 3.03. The average Bonchev–Trinajstić information content (AvgIpc) is 2.66. The molecule has 0 atom stereocenters. The molecule has 0 radical (unpaired) electrons. The van der Waals surface area contributed by atoms with Gasteiger partial charge in [0.15, 0.2) is 5.65 Å². The first kappa shape index (κ1) is 19.2. The van der Waals surface area contributed by atoms with Gasteiger partial charge < -0.3 is 5.32 Å². The van der Waals surface area contributed by atoms with Crippen molar-refractivity contribution in [1.29, 1.82) is 0 Å². The van der Waals surface area contributed by atoms with Gasteiger partial charge in [0, 0.05) is 32.4 Å². The first-order valence-electron chi connectivity index (χ1n) is 7.94. The molecule has 1 N–H and O–H groups in total. The molecule has 3 aromatic rings. The predicted octanol–water partition coefficient (Wildman–Crippen LogP) is 1.75. The highest BCUT2D eigenvalue weighted by atomic mass is 35.5. The van der Waals surface area contributed by atoms with E-state index in [2.05, 4.69) is 10.3 Å². The summed E-state index contributed by atoms with van der Waals surface area (Å²) in [5.74, 6) is -0.736. The van der Waals surface area contributed by atoms with Gasteiger partial charge in [0.1, 0.15) is 5.39 Å². The summed E-state index contributed by atoms with van der Waals surface area (Å²) in [4.78, 5) is 51.9. The Kier molecular flexibility index (Phi) is 4.73. The van der Waals surface area contributed by atoms with Crippen LogP contribution in [0.3, 0.4) is 0 Å². The Morgan fingerprint density at radius 1 is 1.25 bits per heavy atom. The maximum Gasteiger partial charge on any atom is 0.332 e. The van der Waals surface area contributed by atoms with Crippen LogP contribution >= 0.6 is 11.6 Å². The van der Waals surface area contributed by atoms with Crippen molar-refractivity contribution < 1.29 is 9.72 Å². The monoisotopic (exact) mass is 403 g/mol. The number of pyridine rings is 1. The molecule has 144 valence electrons. The number of amides is 1. The molecular weight excluding hydrogens is 390 g/mol. The first-order chi connectivity index (χ1) is 13.1. The fraction of sp³-hybridized carbons (Fsp3) is 0.176. The maximum absolute atomic E-state index is 12.7. The van der Waals surface area contributed by atoms with Crippen molar-refractivity contribution >= 4 is 39.9 Å². The highest BCUT2D eigenvalue weighted by Crippen LogP contribution is 2.26. The van der Waals surface area contributed by atoms with E-state index in [1.807, 2.05) is 0 Å². The number of hydrogen-bond donors (Lipinski definition) is 1. The van der Waals surface area contributed by atoms with Crippen molar-refractivity contribution in [3.05, 3.63) is 71.5 Å². The van der Waals surface area contributed by atoms with Gasteiger partial charge in [-0.1, -0.05) is 11.6 Å². The summed E-state index contributed by atoms with van der Waals surface area (Å²) in [7, 11) is 2.77. The van der Waals surface area contributed by atoms with Crippen LogP contribution in [0.4, 0.5) is 11.4 Å². The Balaban J connectivity index is 2.21. The summed E-state index contributed by atoms with van der Waals surface area (Å²) in [5, 5.41) is 13.6. The van der Waals surface area contributed by atoms with E-state index in [-0.39, 0.29) is 33.0 Å². The Hall–Kier alpha value is -3.53. The van der Waals surface area contributed by atoms with Crippen LogP contribution in [0.25, 0.3) is 11.0 Å². The molecule has 1 aromatic carbocycles. The number of benzene rings is 1. The largest absolute Gasteiger partial charge is 0.332 e. The zero-order chi connectivity index (χ0) is 20.7. The van der Waals surface area contributed by atoms with Gasteiger partial charge in [-0.05, 0) is 18.6 Å². The molecule has 11 heteroatoms. The predicted molar refractivity (Wildman–Crippen MR) is 103 cm³/mol. The minimum atomic E-state index is -0.736. The lowest BCUT2D eigenvalue weighted by Gasteiger charge is -2.14. The molecule has 2 heterocycles. The van der Waals surface area contributed by atoms with Gasteiger partial charge in [0.2, 0.25) is 0 Å². The second-order valence-electron chi connectivity index (χ2n) is 6.10. The van der Waals surface area contributed by atoms with Crippen molar-refractivity contribution in [1.82, 2.24) is 14.1 Å². The lowest BCUT2D eigenvalue weighted by atomic mass is 10.1. The average molecular weight is 404 g/mol. The molecule has 10 nitrogen and oxygen atoms in total. The fourth-order valence-corrected chi connectivity index (χ4v) is 2.97. The minimum Gasteiger partial charge on any atom is -0.321 e. The topological polar surface area (TPSA) is 129 Å². The van der Waals surface area contributed by atoms with Gasteiger partial charge in [-0.25, -0.2) is 9.78 Å². The number of nitro benzene ring substituents is 1. The number of non-ortho nitro benzene ring substituents is 1. The van der Waals surface area contributed by atoms with Crippen LogP contribution in [0.1, 0.15) is 15.9 Å². The number of rotatable bonds is 3. The molecule has 0 saturated carbocycles. The minimum absolute atomic E-state index is 0.0133. The highest BCUT2D eigenvalue weighted by molar-refractivity contribution is 6.34. The van der Waals surface area contributed by atoms with Crippen LogP contribution in [0.15, 0.2) is 34.0 Å². The van der Waals surface area contributed by atoms with Crippen molar-refractivity contribution in [3.63, 3.8) is 0 Å². The smallest absolute Gasteiger partial charge is 0.321 e. The summed E-state index contributed by atoms with van der Waals surface area (Å²) in [6.45, 7) is 1.63. The molecular formula is C17H14ClN5O5. The molecule has 1 amide bonds. The van der Waals surface area contributed by atoms with Crippen molar-refractivity contribution in [3.8, 4) is 0 Å². The Bertz CT molecular complexity index is 1280. The van der Waals surface area contributed by atoms with E-state index in [0.717, 1.165) is 10.6 Å². The van der Waals surface area contributed by atoms with Crippen LogP contribution in [0, 0.1) is 17.0 Å². The van der Waals surface area contributed by atoms with Gasteiger partial charge in [-0.15, -0.1) is 0 Å². The van der Waals surface area contributed by atoms with E-state index < -0.39 is 22.1 Å². The van der Waals surface area contributed by atoms with E-state index in [1.54, 1.807) is 6.92 Å². The number of aromatic nitrogens is 3. The molecule has 0 unspecified atom stereocenters. The fourth-order valence-electron chi connectivity index (χ4n) is 2.77. The molecule has 0 aliphatic heterocycles. The Morgan fingerprint density at radius 2 is 1.93 bits per heavy atom. The van der Waals surface area contributed by atoms with E-state index >= 15 is 0 Å². The molecule has 3 rings (SSSR count). The SMILES string of the molecule is Cc1cnc2c(c1NC(=O)c1cc([N+](=O)[O-])ccc1Cl)c(=O)n(C)c(=O)n2C. The summed E-state index contributed by atoms with van der Waals surface area (Å²) >= 11 is 6.02. The summed E-state index contributed by atoms with van der Waals surface area (Å²) in [6, 6.07) is 3.47. The lowest BCUT2D eigenvalue weighted by Crippen LogP contribution is -2.37.